The van der Waals surface area contributed by atoms with Crippen LogP contribution in [-0.2, 0) is 22.4 Å². The van der Waals surface area contributed by atoms with E-state index in [1.807, 2.05) is 38.1 Å². The van der Waals surface area contributed by atoms with Crippen LogP contribution >= 0.6 is 0 Å². The van der Waals surface area contributed by atoms with Crippen LogP contribution in [0.25, 0.3) is 21.9 Å². The third-order valence-electron chi connectivity index (χ3n) is 4.22. The molecule has 0 N–H and O–H groups in total. The van der Waals surface area contributed by atoms with E-state index in [1.54, 1.807) is 6.20 Å². The van der Waals surface area contributed by atoms with Gasteiger partial charge in [-0.2, -0.15) is 4.73 Å². The minimum atomic E-state index is -0.332. The third kappa shape index (κ3) is 3.45. The number of nitrogens with zero attached hydrogens (tertiary/aromatic N) is 3. The summed E-state index contributed by atoms with van der Waals surface area (Å²) < 4.78 is 14.5. The van der Waals surface area contributed by atoms with E-state index in [-0.39, 0.29) is 6.29 Å². The molecule has 3 aromatic rings. The van der Waals surface area contributed by atoms with E-state index >= 15 is 0 Å². The van der Waals surface area contributed by atoms with Gasteiger partial charge >= 0.3 is 0 Å². The number of para-hydroxylation sites is 1. The number of imidazole rings is 1. The minimum absolute atomic E-state index is 0.332. The van der Waals surface area contributed by atoms with Crippen molar-refractivity contribution in [3.63, 3.8) is 0 Å². The molecule has 0 bridgehead atoms. The first kappa shape index (κ1) is 17.6. The third-order valence-corrected chi connectivity index (χ3v) is 4.22. The first-order valence-electron chi connectivity index (χ1n) is 8.92. The van der Waals surface area contributed by atoms with Crippen LogP contribution in [0.2, 0.25) is 0 Å². The van der Waals surface area contributed by atoms with Crippen molar-refractivity contribution in [2.24, 2.45) is 0 Å². The van der Waals surface area contributed by atoms with Crippen LogP contribution in [0.4, 0.5) is 0 Å². The lowest BCUT2D eigenvalue weighted by atomic mass is 10.2. The molecule has 134 valence electrons. The zero-order valence-corrected chi connectivity index (χ0v) is 15.1. The van der Waals surface area contributed by atoms with Crippen molar-refractivity contribution in [3.8, 4) is 0 Å². The SMILES string of the molecule is CCCc1nc2c[n+]([O-])c3ccccc3c2n1CC(OCC)OCC. The fourth-order valence-corrected chi connectivity index (χ4v) is 3.23. The number of hydrogen-bond acceptors (Lipinski definition) is 4. The lowest BCUT2D eigenvalue weighted by Gasteiger charge is -2.19. The molecule has 6 heteroatoms. The summed E-state index contributed by atoms with van der Waals surface area (Å²) in [5, 5.41) is 13.2. The van der Waals surface area contributed by atoms with Gasteiger partial charge in [0.1, 0.15) is 5.82 Å². The molecule has 0 aliphatic carbocycles. The van der Waals surface area contributed by atoms with Gasteiger partial charge in [-0.15, -0.1) is 0 Å². The van der Waals surface area contributed by atoms with Crippen LogP contribution in [0.1, 0.15) is 33.0 Å². The molecule has 0 unspecified atom stereocenters. The van der Waals surface area contributed by atoms with E-state index in [1.165, 1.54) is 0 Å². The number of aryl methyl sites for hydroxylation is 1. The van der Waals surface area contributed by atoms with Crippen LogP contribution in [-0.4, -0.2) is 29.1 Å². The molecule has 0 amide bonds. The normalized spacial score (nSPS) is 11.8. The smallest absolute Gasteiger partial charge is 0.226 e. The second-order valence-electron chi connectivity index (χ2n) is 5.93. The van der Waals surface area contributed by atoms with Crippen LogP contribution in [0.15, 0.2) is 30.5 Å². The average Bonchev–Trinajstić information content (AvgIpc) is 2.93. The Bertz CT molecular complexity index is 854. The zero-order chi connectivity index (χ0) is 17.8. The van der Waals surface area contributed by atoms with Crippen LogP contribution in [0.5, 0.6) is 0 Å². The Morgan fingerprint density at radius 2 is 1.88 bits per heavy atom. The van der Waals surface area contributed by atoms with Gasteiger partial charge in [-0.3, -0.25) is 0 Å². The van der Waals surface area contributed by atoms with Crippen molar-refractivity contribution >= 4 is 21.9 Å². The van der Waals surface area contributed by atoms with Gasteiger partial charge in [0.2, 0.25) is 11.7 Å². The predicted molar refractivity (Wildman–Crippen MR) is 97.2 cm³/mol. The van der Waals surface area contributed by atoms with Gasteiger partial charge in [0.05, 0.1) is 17.4 Å². The maximum Gasteiger partial charge on any atom is 0.226 e. The van der Waals surface area contributed by atoms with Gasteiger partial charge in [-0.05, 0) is 26.3 Å². The summed E-state index contributed by atoms with van der Waals surface area (Å²) >= 11 is 0. The first-order chi connectivity index (χ1) is 12.2. The van der Waals surface area contributed by atoms with E-state index < -0.39 is 0 Å². The molecule has 0 saturated carbocycles. The second-order valence-corrected chi connectivity index (χ2v) is 5.93. The van der Waals surface area contributed by atoms with Crippen molar-refractivity contribution < 1.29 is 14.2 Å². The number of pyridine rings is 1. The maximum absolute atomic E-state index is 12.3. The summed E-state index contributed by atoms with van der Waals surface area (Å²) in [5.74, 6) is 0.957. The summed E-state index contributed by atoms with van der Waals surface area (Å²) in [4.78, 5) is 4.72. The Labute approximate surface area is 147 Å². The van der Waals surface area contributed by atoms with Gasteiger partial charge < -0.3 is 19.2 Å². The predicted octanol–water partition coefficient (Wildman–Crippen LogP) is 3.17. The largest absolute Gasteiger partial charge is 0.618 e. The Morgan fingerprint density at radius 3 is 2.56 bits per heavy atom. The monoisotopic (exact) mass is 343 g/mol. The molecule has 25 heavy (non-hydrogen) atoms. The molecule has 0 aliphatic rings. The van der Waals surface area contributed by atoms with Crippen molar-refractivity contribution in [3.05, 3.63) is 41.5 Å². The van der Waals surface area contributed by atoms with E-state index in [0.717, 1.165) is 34.3 Å². The molecule has 6 nitrogen and oxygen atoms in total. The molecule has 0 spiro atoms. The number of aromatic nitrogens is 3. The number of rotatable bonds is 8. The summed E-state index contributed by atoms with van der Waals surface area (Å²) in [6.45, 7) is 7.77. The topological polar surface area (TPSA) is 63.2 Å². The lowest BCUT2D eigenvalue weighted by molar-refractivity contribution is -0.575. The first-order valence-corrected chi connectivity index (χ1v) is 8.92. The van der Waals surface area contributed by atoms with E-state index in [9.17, 15) is 5.21 Å². The lowest BCUT2D eigenvalue weighted by Crippen LogP contribution is -2.27. The Morgan fingerprint density at radius 1 is 1.16 bits per heavy atom. The van der Waals surface area contributed by atoms with Gasteiger partial charge in [0.25, 0.3) is 0 Å². The summed E-state index contributed by atoms with van der Waals surface area (Å²) in [6, 6.07) is 7.62. The number of fused-ring (bicyclic) bond motifs is 3. The summed E-state index contributed by atoms with van der Waals surface area (Å²) in [7, 11) is 0. The number of hydrogen-bond donors (Lipinski definition) is 0. The molecular weight excluding hydrogens is 318 g/mol. The molecule has 0 atom stereocenters. The standard InChI is InChI=1S/C19H25N3O3/c1-4-9-17-20-15-12-22(23)16-11-8-7-10-14(16)19(15)21(17)13-18(24-5-2)25-6-3/h7-8,10-12,18H,4-6,9,13H2,1-3H3. The van der Waals surface area contributed by atoms with Crippen molar-refractivity contribution in [2.75, 3.05) is 13.2 Å². The van der Waals surface area contributed by atoms with Gasteiger partial charge in [0, 0.05) is 25.7 Å². The fraction of sp³-hybridized carbons (Fsp3) is 0.474. The molecule has 0 fully saturated rings. The highest BCUT2D eigenvalue weighted by atomic mass is 16.7. The Balaban J connectivity index is 2.19. The second kappa shape index (κ2) is 7.80. The van der Waals surface area contributed by atoms with Crippen molar-refractivity contribution in [2.45, 2.75) is 46.4 Å². The zero-order valence-electron chi connectivity index (χ0n) is 15.1. The van der Waals surface area contributed by atoms with E-state index in [4.69, 9.17) is 14.5 Å². The van der Waals surface area contributed by atoms with Gasteiger partial charge in [-0.1, -0.05) is 19.1 Å². The highest BCUT2D eigenvalue weighted by Gasteiger charge is 2.20. The van der Waals surface area contributed by atoms with Gasteiger partial charge in [-0.25, -0.2) is 4.98 Å². The molecule has 3 rings (SSSR count). The molecule has 0 saturated heterocycles. The average molecular weight is 343 g/mol. The summed E-state index contributed by atoms with van der Waals surface area (Å²) in [6.07, 6.45) is 3.05. The molecule has 2 heterocycles. The van der Waals surface area contributed by atoms with E-state index in [0.29, 0.717) is 30.8 Å². The Kier molecular flexibility index (Phi) is 5.50. The number of ether oxygens (including phenoxy) is 2. The van der Waals surface area contributed by atoms with Crippen molar-refractivity contribution in [1.82, 2.24) is 9.55 Å². The fourth-order valence-electron chi connectivity index (χ4n) is 3.23. The van der Waals surface area contributed by atoms with Crippen LogP contribution < -0.4 is 4.73 Å². The van der Waals surface area contributed by atoms with Gasteiger partial charge in [0.15, 0.2) is 11.8 Å². The molecular formula is C19H25N3O3. The van der Waals surface area contributed by atoms with Crippen LogP contribution in [0.3, 0.4) is 0 Å². The minimum Gasteiger partial charge on any atom is -0.618 e. The number of benzene rings is 1. The molecule has 0 radical (unpaired) electrons. The quantitative estimate of drug-likeness (QED) is 0.358. The maximum atomic E-state index is 12.3. The molecule has 1 aromatic carbocycles. The molecule has 0 aliphatic heterocycles. The Hall–Kier alpha value is -2.18. The molecule has 2 aromatic heterocycles. The van der Waals surface area contributed by atoms with Crippen molar-refractivity contribution in [1.29, 1.82) is 0 Å². The highest BCUT2D eigenvalue weighted by Crippen LogP contribution is 2.25. The highest BCUT2D eigenvalue weighted by molar-refractivity contribution is 6.00. The summed E-state index contributed by atoms with van der Waals surface area (Å²) in [5.41, 5.74) is 2.32. The van der Waals surface area contributed by atoms with Crippen LogP contribution in [0, 0.1) is 5.21 Å². The van der Waals surface area contributed by atoms with E-state index in [2.05, 4.69) is 11.5 Å².